The van der Waals surface area contributed by atoms with Gasteiger partial charge in [-0.15, -0.1) is 0 Å². The first kappa shape index (κ1) is 13.1. The molecule has 0 aromatic heterocycles. The summed E-state index contributed by atoms with van der Waals surface area (Å²) in [6.45, 7) is 4.60. The van der Waals surface area contributed by atoms with Crippen LogP contribution < -0.4 is 5.32 Å². The number of rotatable bonds is 4. The van der Waals surface area contributed by atoms with E-state index in [2.05, 4.69) is 29.3 Å². The Hall–Kier alpha value is -1.39. The summed E-state index contributed by atoms with van der Waals surface area (Å²) in [6.07, 6.45) is 0.201. The summed E-state index contributed by atoms with van der Waals surface area (Å²) in [7, 11) is 0. The van der Waals surface area contributed by atoms with E-state index in [1.54, 1.807) is 0 Å². The monoisotopic (exact) mass is 248 g/mol. The fraction of sp³-hybridized carbons (Fsp3) is 0.500. The second-order valence-corrected chi connectivity index (χ2v) is 4.98. The van der Waals surface area contributed by atoms with Gasteiger partial charge in [-0.1, -0.05) is 30.3 Å². The minimum atomic E-state index is -0.727. The molecule has 0 saturated carbocycles. The van der Waals surface area contributed by atoms with E-state index in [4.69, 9.17) is 5.11 Å². The average Bonchev–Trinajstić information content (AvgIpc) is 2.33. The smallest absolute Gasteiger partial charge is 0.304 e. The molecule has 1 aliphatic rings. The molecule has 2 N–H and O–H groups in total. The van der Waals surface area contributed by atoms with Gasteiger partial charge in [-0.3, -0.25) is 9.69 Å². The molecule has 4 nitrogen and oxygen atoms in total. The summed E-state index contributed by atoms with van der Waals surface area (Å²) in [4.78, 5) is 13.2. The Morgan fingerprint density at radius 3 is 2.83 bits per heavy atom. The summed E-state index contributed by atoms with van der Waals surface area (Å²) >= 11 is 0. The van der Waals surface area contributed by atoms with Gasteiger partial charge in [0.15, 0.2) is 0 Å². The SMILES string of the molecule is C[C@@H]1CN(Cc2ccccc2)[C@@H](CC(=O)O)CN1. The largest absolute Gasteiger partial charge is 0.481 e. The zero-order valence-corrected chi connectivity index (χ0v) is 10.7. The summed E-state index contributed by atoms with van der Waals surface area (Å²) < 4.78 is 0. The van der Waals surface area contributed by atoms with Crippen LogP contribution in [0.5, 0.6) is 0 Å². The molecule has 0 spiro atoms. The fourth-order valence-corrected chi connectivity index (χ4v) is 2.45. The first-order valence-corrected chi connectivity index (χ1v) is 6.38. The van der Waals surface area contributed by atoms with Crippen molar-refractivity contribution in [1.29, 1.82) is 0 Å². The molecule has 0 unspecified atom stereocenters. The molecule has 0 aliphatic carbocycles. The second-order valence-electron chi connectivity index (χ2n) is 4.98. The third-order valence-corrected chi connectivity index (χ3v) is 3.37. The van der Waals surface area contributed by atoms with Gasteiger partial charge in [-0.2, -0.15) is 0 Å². The van der Waals surface area contributed by atoms with Crippen LogP contribution in [0, 0.1) is 0 Å². The van der Waals surface area contributed by atoms with E-state index in [1.807, 2.05) is 18.2 Å². The maximum absolute atomic E-state index is 10.9. The number of piperazine rings is 1. The summed E-state index contributed by atoms with van der Waals surface area (Å²) in [5.41, 5.74) is 1.24. The van der Waals surface area contributed by atoms with E-state index < -0.39 is 5.97 Å². The van der Waals surface area contributed by atoms with Crippen molar-refractivity contribution in [2.75, 3.05) is 13.1 Å². The highest BCUT2D eigenvalue weighted by atomic mass is 16.4. The Labute approximate surface area is 108 Å². The number of hydrogen-bond acceptors (Lipinski definition) is 3. The van der Waals surface area contributed by atoms with Crippen molar-refractivity contribution in [3.05, 3.63) is 35.9 Å². The molecular formula is C14H20N2O2. The predicted octanol–water partition coefficient (Wildman–Crippen LogP) is 1.32. The van der Waals surface area contributed by atoms with Crippen LogP contribution in [0.25, 0.3) is 0 Å². The standard InChI is InChI=1S/C14H20N2O2/c1-11-9-16(10-12-5-3-2-4-6-12)13(8-15-11)7-14(17)18/h2-6,11,13,15H,7-10H2,1H3,(H,17,18)/t11-,13+/m1/s1. The molecule has 1 heterocycles. The van der Waals surface area contributed by atoms with Crippen molar-refractivity contribution in [3.8, 4) is 0 Å². The first-order valence-electron chi connectivity index (χ1n) is 6.38. The van der Waals surface area contributed by atoms with Gasteiger partial charge in [0.25, 0.3) is 0 Å². The molecule has 1 aromatic rings. The zero-order chi connectivity index (χ0) is 13.0. The summed E-state index contributed by atoms with van der Waals surface area (Å²) in [6, 6.07) is 10.7. The van der Waals surface area contributed by atoms with E-state index in [-0.39, 0.29) is 12.5 Å². The molecule has 1 fully saturated rings. The maximum atomic E-state index is 10.9. The highest BCUT2D eigenvalue weighted by Crippen LogP contribution is 2.14. The summed E-state index contributed by atoms with van der Waals surface area (Å²) in [5, 5.41) is 12.3. The third kappa shape index (κ3) is 3.55. The van der Waals surface area contributed by atoms with Gasteiger partial charge >= 0.3 is 5.97 Å². The van der Waals surface area contributed by atoms with Crippen molar-refractivity contribution in [2.24, 2.45) is 0 Å². The van der Waals surface area contributed by atoms with Crippen LogP contribution in [-0.2, 0) is 11.3 Å². The van der Waals surface area contributed by atoms with Crippen molar-refractivity contribution in [2.45, 2.75) is 32.0 Å². The zero-order valence-electron chi connectivity index (χ0n) is 10.7. The molecular weight excluding hydrogens is 228 g/mol. The molecule has 2 atom stereocenters. The van der Waals surface area contributed by atoms with Gasteiger partial charge in [0.05, 0.1) is 6.42 Å². The van der Waals surface area contributed by atoms with E-state index in [0.29, 0.717) is 6.04 Å². The van der Waals surface area contributed by atoms with Gasteiger partial charge in [-0.25, -0.2) is 0 Å². The number of carbonyl (C=O) groups is 1. The molecule has 0 bridgehead atoms. The lowest BCUT2D eigenvalue weighted by molar-refractivity contribution is -0.138. The quantitative estimate of drug-likeness (QED) is 0.844. The highest BCUT2D eigenvalue weighted by Gasteiger charge is 2.27. The van der Waals surface area contributed by atoms with Gasteiger partial charge in [0, 0.05) is 31.7 Å². The normalized spacial score (nSPS) is 24.9. The number of nitrogens with one attached hydrogen (secondary N) is 1. The lowest BCUT2D eigenvalue weighted by atomic mass is 10.1. The topological polar surface area (TPSA) is 52.6 Å². The lowest BCUT2D eigenvalue weighted by Crippen LogP contribution is -2.55. The van der Waals surface area contributed by atoms with Gasteiger partial charge < -0.3 is 10.4 Å². The molecule has 1 aromatic carbocycles. The molecule has 1 aliphatic heterocycles. The van der Waals surface area contributed by atoms with Crippen molar-refractivity contribution >= 4 is 5.97 Å². The Balaban J connectivity index is 2.03. The van der Waals surface area contributed by atoms with Crippen molar-refractivity contribution in [3.63, 3.8) is 0 Å². The van der Waals surface area contributed by atoms with Gasteiger partial charge in [0.1, 0.15) is 0 Å². The minimum Gasteiger partial charge on any atom is -0.481 e. The van der Waals surface area contributed by atoms with Crippen LogP contribution in [0.3, 0.4) is 0 Å². The van der Waals surface area contributed by atoms with Crippen LogP contribution in [0.2, 0.25) is 0 Å². The van der Waals surface area contributed by atoms with E-state index in [0.717, 1.165) is 19.6 Å². The minimum absolute atomic E-state index is 0.0823. The highest BCUT2D eigenvalue weighted by molar-refractivity contribution is 5.67. The predicted molar refractivity (Wildman–Crippen MR) is 70.4 cm³/mol. The number of nitrogens with zero attached hydrogens (tertiary/aromatic N) is 1. The Kier molecular flexibility index (Phi) is 4.33. The molecule has 18 heavy (non-hydrogen) atoms. The van der Waals surface area contributed by atoms with Crippen molar-refractivity contribution in [1.82, 2.24) is 10.2 Å². The maximum Gasteiger partial charge on any atom is 0.304 e. The van der Waals surface area contributed by atoms with Crippen LogP contribution in [0.15, 0.2) is 30.3 Å². The van der Waals surface area contributed by atoms with Crippen LogP contribution >= 0.6 is 0 Å². The third-order valence-electron chi connectivity index (χ3n) is 3.37. The molecule has 4 heteroatoms. The number of carboxylic acid groups (broad SMARTS) is 1. The molecule has 98 valence electrons. The molecule has 0 amide bonds. The summed E-state index contributed by atoms with van der Waals surface area (Å²) in [5.74, 6) is -0.727. The molecule has 0 radical (unpaired) electrons. The molecule has 1 saturated heterocycles. The van der Waals surface area contributed by atoms with Crippen LogP contribution in [0.1, 0.15) is 18.9 Å². The van der Waals surface area contributed by atoms with E-state index in [9.17, 15) is 4.79 Å². The Morgan fingerprint density at radius 2 is 2.17 bits per heavy atom. The number of aliphatic carboxylic acids is 1. The van der Waals surface area contributed by atoms with E-state index in [1.165, 1.54) is 5.56 Å². The second kappa shape index (κ2) is 5.98. The average molecular weight is 248 g/mol. The first-order chi connectivity index (χ1) is 8.65. The number of carboxylic acids is 1. The van der Waals surface area contributed by atoms with Crippen molar-refractivity contribution < 1.29 is 9.90 Å². The van der Waals surface area contributed by atoms with Crippen LogP contribution in [0.4, 0.5) is 0 Å². The number of hydrogen-bond donors (Lipinski definition) is 2. The van der Waals surface area contributed by atoms with E-state index >= 15 is 0 Å². The Bertz CT molecular complexity index is 394. The number of benzene rings is 1. The van der Waals surface area contributed by atoms with Crippen LogP contribution in [-0.4, -0.2) is 41.1 Å². The Morgan fingerprint density at radius 1 is 1.44 bits per heavy atom. The van der Waals surface area contributed by atoms with Gasteiger partial charge in [0.2, 0.25) is 0 Å². The lowest BCUT2D eigenvalue weighted by Gasteiger charge is -2.38. The molecule has 2 rings (SSSR count). The van der Waals surface area contributed by atoms with Gasteiger partial charge in [-0.05, 0) is 12.5 Å². The fourth-order valence-electron chi connectivity index (χ4n) is 2.45.